The number of hydrogen-bond donors (Lipinski definition) is 0. The molecule has 0 fully saturated rings. The summed E-state index contributed by atoms with van der Waals surface area (Å²) in [6, 6.07) is 57.5. The van der Waals surface area contributed by atoms with Crippen LogP contribution in [0.1, 0.15) is 0 Å². The lowest BCUT2D eigenvalue weighted by Crippen LogP contribution is -1.92. The molecule has 0 nitrogen and oxygen atoms in total. The van der Waals surface area contributed by atoms with Gasteiger partial charge in [0.1, 0.15) is 0 Å². The van der Waals surface area contributed by atoms with E-state index in [2.05, 4.69) is 158 Å². The summed E-state index contributed by atoms with van der Waals surface area (Å²) >= 11 is 0. The molecule has 8 rings (SSSR count). The Labute approximate surface area is 233 Å². The van der Waals surface area contributed by atoms with E-state index < -0.39 is 0 Å². The molecule has 8 aromatic carbocycles. The molecule has 0 saturated heterocycles. The number of benzene rings is 8. The maximum Gasteiger partial charge on any atom is -0.00201 e. The maximum absolute atomic E-state index is 2.30. The van der Waals surface area contributed by atoms with Gasteiger partial charge in [0.15, 0.2) is 0 Å². The van der Waals surface area contributed by atoms with Crippen LogP contribution in [0.5, 0.6) is 0 Å². The van der Waals surface area contributed by atoms with Crippen molar-refractivity contribution in [2.45, 2.75) is 0 Å². The summed E-state index contributed by atoms with van der Waals surface area (Å²) in [7, 11) is 0. The van der Waals surface area contributed by atoms with Crippen molar-refractivity contribution in [2.75, 3.05) is 0 Å². The van der Waals surface area contributed by atoms with Crippen LogP contribution in [0.25, 0.3) is 76.5 Å². The second-order valence-electron chi connectivity index (χ2n) is 10.4. The Morgan fingerprint density at radius 2 is 0.625 bits per heavy atom. The van der Waals surface area contributed by atoms with E-state index in [1.54, 1.807) is 0 Å². The molecular weight excluding hydrogens is 480 g/mol. The molecule has 0 radical (unpaired) electrons. The summed E-state index contributed by atoms with van der Waals surface area (Å²) in [5, 5.41) is 10.2. The number of rotatable bonds is 3. The number of hydrogen-bond acceptors (Lipinski definition) is 0. The standard InChI is InChI=1S/C40H26/c1-2-14-28(15-3-1)39-35-18-6-8-20-37(35)40(38-21-9-7-19-36(38)39)34-26-12-24-32-31(23-11-25-33(32)34)30-22-10-16-27-13-4-5-17-29(27)30/h1-26H. The second kappa shape index (κ2) is 9.22. The van der Waals surface area contributed by atoms with E-state index in [1.165, 1.54) is 76.5 Å². The molecule has 0 saturated carbocycles. The monoisotopic (exact) mass is 506 g/mol. The minimum Gasteiger partial charge on any atom is -0.0622 e. The van der Waals surface area contributed by atoms with Crippen LogP contribution in [0.2, 0.25) is 0 Å². The van der Waals surface area contributed by atoms with Crippen molar-refractivity contribution < 1.29 is 0 Å². The number of fused-ring (bicyclic) bond motifs is 4. The Morgan fingerprint density at radius 1 is 0.225 bits per heavy atom. The highest BCUT2D eigenvalue weighted by molar-refractivity contribution is 6.24. The van der Waals surface area contributed by atoms with E-state index in [4.69, 9.17) is 0 Å². The van der Waals surface area contributed by atoms with E-state index in [0.717, 1.165) is 0 Å². The van der Waals surface area contributed by atoms with E-state index in [-0.39, 0.29) is 0 Å². The van der Waals surface area contributed by atoms with E-state index in [1.807, 2.05) is 0 Å². The largest absolute Gasteiger partial charge is 0.0622 e. The lowest BCUT2D eigenvalue weighted by molar-refractivity contribution is 1.66. The summed E-state index contributed by atoms with van der Waals surface area (Å²) in [5.74, 6) is 0. The molecule has 0 atom stereocenters. The van der Waals surface area contributed by atoms with Crippen LogP contribution >= 0.6 is 0 Å². The van der Waals surface area contributed by atoms with Gasteiger partial charge in [-0.3, -0.25) is 0 Å². The molecular formula is C40H26. The first-order chi connectivity index (χ1) is 19.9. The highest BCUT2D eigenvalue weighted by Gasteiger charge is 2.18. The molecule has 0 aromatic heterocycles. The Kier molecular flexibility index (Phi) is 5.24. The van der Waals surface area contributed by atoms with Crippen LogP contribution in [0, 0.1) is 0 Å². The topological polar surface area (TPSA) is 0 Å². The van der Waals surface area contributed by atoms with Crippen LogP contribution in [-0.4, -0.2) is 0 Å². The van der Waals surface area contributed by atoms with Crippen molar-refractivity contribution in [3.63, 3.8) is 0 Å². The van der Waals surface area contributed by atoms with Gasteiger partial charge in [-0.25, -0.2) is 0 Å². The molecule has 0 amide bonds. The second-order valence-corrected chi connectivity index (χ2v) is 10.4. The third-order valence-corrected chi connectivity index (χ3v) is 8.27. The quantitative estimate of drug-likeness (QED) is 0.209. The Morgan fingerprint density at radius 3 is 1.27 bits per heavy atom. The van der Waals surface area contributed by atoms with Crippen LogP contribution in [0.3, 0.4) is 0 Å². The summed E-state index contributed by atoms with van der Waals surface area (Å²) in [6.45, 7) is 0. The van der Waals surface area contributed by atoms with Crippen molar-refractivity contribution in [3.05, 3.63) is 158 Å². The fourth-order valence-corrected chi connectivity index (χ4v) is 6.56. The summed E-state index contributed by atoms with van der Waals surface area (Å²) in [4.78, 5) is 0. The zero-order chi connectivity index (χ0) is 26.5. The summed E-state index contributed by atoms with van der Waals surface area (Å²) in [5.41, 5.74) is 7.66. The minimum absolute atomic E-state index is 1.25. The molecule has 0 aliphatic rings. The zero-order valence-electron chi connectivity index (χ0n) is 22.0. The SMILES string of the molecule is c1ccc(-c2c3ccccc3c(-c3cccc4c(-c5cccc6ccccc56)cccc34)c3ccccc23)cc1. The highest BCUT2D eigenvalue weighted by Crippen LogP contribution is 2.46. The first-order valence-electron chi connectivity index (χ1n) is 13.9. The molecule has 0 spiro atoms. The minimum atomic E-state index is 1.25. The van der Waals surface area contributed by atoms with Crippen molar-refractivity contribution in [2.24, 2.45) is 0 Å². The lowest BCUT2D eigenvalue weighted by Gasteiger charge is -2.19. The van der Waals surface area contributed by atoms with Gasteiger partial charge in [-0.2, -0.15) is 0 Å². The van der Waals surface area contributed by atoms with E-state index >= 15 is 0 Å². The van der Waals surface area contributed by atoms with Gasteiger partial charge in [0.05, 0.1) is 0 Å². The molecule has 40 heavy (non-hydrogen) atoms. The van der Waals surface area contributed by atoms with E-state index in [9.17, 15) is 0 Å². The van der Waals surface area contributed by atoms with Gasteiger partial charge in [-0.15, -0.1) is 0 Å². The molecule has 0 heteroatoms. The third-order valence-electron chi connectivity index (χ3n) is 8.27. The van der Waals surface area contributed by atoms with E-state index in [0.29, 0.717) is 0 Å². The predicted molar refractivity (Wildman–Crippen MR) is 173 cm³/mol. The van der Waals surface area contributed by atoms with Crippen molar-refractivity contribution >= 4 is 43.1 Å². The summed E-state index contributed by atoms with van der Waals surface area (Å²) in [6.07, 6.45) is 0. The zero-order valence-corrected chi connectivity index (χ0v) is 22.0. The molecule has 0 heterocycles. The normalized spacial score (nSPS) is 11.5. The third kappa shape index (κ3) is 3.47. The van der Waals surface area contributed by atoms with Gasteiger partial charge in [0.2, 0.25) is 0 Å². The maximum atomic E-state index is 2.30. The highest BCUT2D eigenvalue weighted by atomic mass is 14.2. The smallest absolute Gasteiger partial charge is 0.00201 e. The first kappa shape index (κ1) is 22.8. The fraction of sp³-hybridized carbons (Fsp3) is 0. The molecule has 0 aliphatic carbocycles. The summed E-state index contributed by atoms with van der Waals surface area (Å²) < 4.78 is 0. The predicted octanol–water partition coefficient (Wildman–Crippen LogP) is 11.3. The van der Waals surface area contributed by atoms with Crippen molar-refractivity contribution in [1.82, 2.24) is 0 Å². The molecule has 186 valence electrons. The molecule has 8 aromatic rings. The van der Waals surface area contributed by atoms with Crippen LogP contribution < -0.4 is 0 Å². The molecule has 0 aliphatic heterocycles. The van der Waals surface area contributed by atoms with Crippen LogP contribution in [0.15, 0.2) is 158 Å². The Balaban J connectivity index is 1.48. The fourth-order valence-electron chi connectivity index (χ4n) is 6.56. The van der Waals surface area contributed by atoms with Crippen molar-refractivity contribution in [3.8, 4) is 33.4 Å². The van der Waals surface area contributed by atoms with Crippen LogP contribution in [0.4, 0.5) is 0 Å². The van der Waals surface area contributed by atoms with Crippen molar-refractivity contribution in [1.29, 1.82) is 0 Å². The van der Waals surface area contributed by atoms with Gasteiger partial charge in [-0.05, 0) is 76.5 Å². The molecule has 0 bridgehead atoms. The van der Waals surface area contributed by atoms with Crippen LogP contribution in [-0.2, 0) is 0 Å². The first-order valence-corrected chi connectivity index (χ1v) is 13.9. The molecule has 0 N–H and O–H groups in total. The Bertz CT molecular complexity index is 2140. The van der Waals surface area contributed by atoms with Gasteiger partial charge < -0.3 is 0 Å². The van der Waals surface area contributed by atoms with Gasteiger partial charge in [0, 0.05) is 0 Å². The van der Waals surface area contributed by atoms with Gasteiger partial charge >= 0.3 is 0 Å². The average Bonchev–Trinajstić information content (AvgIpc) is 3.03. The average molecular weight is 507 g/mol. The Hall–Kier alpha value is -5.20. The van der Waals surface area contributed by atoms with Gasteiger partial charge in [-0.1, -0.05) is 158 Å². The lowest BCUT2D eigenvalue weighted by atomic mass is 9.84. The van der Waals surface area contributed by atoms with Gasteiger partial charge in [0.25, 0.3) is 0 Å². The molecule has 0 unspecified atom stereocenters.